The fourth-order valence-corrected chi connectivity index (χ4v) is 2.61. The van der Waals surface area contributed by atoms with Gasteiger partial charge in [-0.3, -0.25) is 4.79 Å². The Hall–Kier alpha value is -2.30. The maximum absolute atomic E-state index is 12.5. The SMILES string of the molecule is CCOC(=O)c1cn2c3c(cccc3c1=O)NCCC2. The van der Waals surface area contributed by atoms with Gasteiger partial charge in [0.2, 0.25) is 5.43 Å². The van der Waals surface area contributed by atoms with E-state index in [0.717, 1.165) is 30.7 Å². The number of carbonyl (C=O) groups excluding carboxylic acids is 1. The number of aromatic nitrogens is 1. The Morgan fingerprint density at radius 1 is 1.45 bits per heavy atom. The Labute approximate surface area is 116 Å². The number of pyridine rings is 1. The van der Waals surface area contributed by atoms with Crippen LogP contribution in [0.2, 0.25) is 0 Å². The summed E-state index contributed by atoms with van der Waals surface area (Å²) in [6.45, 7) is 3.61. The van der Waals surface area contributed by atoms with Crippen LogP contribution in [0.25, 0.3) is 10.9 Å². The number of benzene rings is 1. The third kappa shape index (κ3) is 1.95. The minimum atomic E-state index is -0.550. The van der Waals surface area contributed by atoms with Gasteiger partial charge in [0.05, 0.1) is 17.8 Å². The number of aryl methyl sites for hydroxylation is 1. The highest BCUT2D eigenvalue weighted by Gasteiger charge is 2.19. The summed E-state index contributed by atoms with van der Waals surface area (Å²) in [5.41, 5.74) is 1.65. The number of nitrogens with zero attached hydrogens (tertiary/aromatic N) is 1. The predicted octanol–water partition coefficient (Wildman–Crippen LogP) is 1.99. The van der Waals surface area contributed by atoms with Crippen molar-refractivity contribution in [1.82, 2.24) is 4.57 Å². The molecular formula is C15H16N2O3. The topological polar surface area (TPSA) is 60.3 Å². The van der Waals surface area contributed by atoms with E-state index in [1.54, 1.807) is 19.2 Å². The van der Waals surface area contributed by atoms with Crippen molar-refractivity contribution in [2.24, 2.45) is 0 Å². The molecule has 3 rings (SSSR count). The van der Waals surface area contributed by atoms with Crippen LogP contribution in [0.15, 0.2) is 29.2 Å². The van der Waals surface area contributed by atoms with E-state index in [0.29, 0.717) is 5.39 Å². The van der Waals surface area contributed by atoms with Crippen LogP contribution in [0.4, 0.5) is 5.69 Å². The third-order valence-corrected chi connectivity index (χ3v) is 3.48. The Kier molecular flexibility index (Phi) is 3.18. The number of ether oxygens (including phenoxy) is 1. The third-order valence-electron chi connectivity index (χ3n) is 3.48. The Bertz CT molecular complexity index is 734. The molecule has 5 heteroatoms. The second-order valence-electron chi connectivity index (χ2n) is 4.77. The van der Waals surface area contributed by atoms with Gasteiger partial charge in [0, 0.05) is 24.7 Å². The van der Waals surface area contributed by atoms with Gasteiger partial charge in [0.15, 0.2) is 0 Å². The van der Waals surface area contributed by atoms with Crippen LogP contribution in [0, 0.1) is 0 Å². The van der Waals surface area contributed by atoms with Gasteiger partial charge < -0.3 is 14.6 Å². The fourth-order valence-electron chi connectivity index (χ4n) is 2.61. The van der Waals surface area contributed by atoms with E-state index in [-0.39, 0.29) is 17.6 Å². The smallest absolute Gasteiger partial charge is 0.343 e. The Morgan fingerprint density at radius 2 is 2.30 bits per heavy atom. The largest absolute Gasteiger partial charge is 0.462 e. The van der Waals surface area contributed by atoms with Gasteiger partial charge in [-0.2, -0.15) is 0 Å². The van der Waals surface area contributed by atoms with Crippen LogP contribution >= 0.6 is 0 Å². The van der Waals surface area contributed by atoms with Crippen molar-refractivity contribution in [3.63, 3.8) is 0 Å². The first-order valence-corrected chi connectivity index (χ1v) is 6.79. The van der Waals surface area contributed by atoms with Crippen molar-refractivity contribution in [2.75, 3.05) is 18.5 Å². The highest BCUT2D eigenvalue weighted by molar-refractivity contribution is 5.97. The molecule has 0 unspecified atom stereocenters. The summed E-state index contributed by atoms with van der Waals surface area (Å²) in [7, 11) is 0. The van der Waals surface area contributed by atoms with E-state index in [2.05, 4.69) is 5.32 Å². The number of rotatable bonds is 2. The number of carbonyl (C=O) groups is 1. The normalized spacial score (nSPS) is 13.7. The maximum Gasteiger partial charge on any atom is 0.343 e. The molecule has 2 aromatic rings. The average Bonchev–Trinajstić information content (AvgIpc) is 2.66. The molecule has 0 aliphatic carbocycles. The Morgan fingerprint density at radius 3 is 3.10 bits per heavy atom. The molecule has 1 aliphatic rings. The highest BCUT2D eigenvalue weighted by atomic mass is 16.5. The van der Waals surface area contributed by atoms with Crippen molar-refractivity contribution in [1.29, 1.82) is 0 Å². The van der Waals surface area contributed by atoms with Crippen molar-refractivity contribution < 1.29 is 9.53 Å². The summed E-state index contributed by atoms with van der Waals surface area (Å²) in [5, 5.41) is 3.87. The van der Waals surface area contributed by atoms with E-state index < -0.39 is 5.97 Å². The van der Waals surface area contributed by atoms with Crippen molar-refractivity contribution in [3.8, 4) is 0 Å². The van der Waals surface area contributed by atoms with E-state index >= 15 is 0 Å². The molecule has 2 heterocycles. The summed E-state index contributed by atoms with van der Waals surface area (Å²) < 4.78 is 6.94. The van der Waals surface area contributed by atoms with Crippen LogP contribution < -0.4 is 10.7 Å². The lowest BCUT2D eigenvalue weighted by Crippen LogP contribution is -2.20. The van der Waals surface area contributed by atoms with Gasteiger partial charge in [0.25, 0.3) is 0 Å². The molecule has 1 N–H and O–H groups in total. The van der Waals surface area contributed by atoms with Crippen molar-refractivity contribution in [2.45, 2.75) is 19.9 Å². The average molecular weight is 272 g/mol. The number of esters is 1. The van der Waals surface area contributed by atoms with E-state index in [9.17, 15) is 9.59 Å². The summed E-state index contributed by atoms with van der Waals surface area (Å²) in [4.78, 5) is 24.4. The van der Waals surface area contributed by atoms with Gasteiger partial charge in [-0.25, -0.2) is 4.79 Å². The number of nitrogens with one attached hydrogen (secondary N) is 1. The number of hydrogen-bond donors (Lipinski definition) is 1. The zero-order chi connectivity index (χ0) is 14.1. The molecule has 0 fully saturated rings. The molecule has 0 saturated heterocycles. The summed E-state index contributed by atoms with van der Waals surface area (Å²) in [6.07, 6.45) is 2.56. The van der Waals surface area contributed by atoms with Gasteiger partial charge in [-0.05, 0) is 25.5 Å². The van der Waals surface area contributed by atoms with Gasteiger partial charge >= 0.3 is 5.97 Å². The lowest BCUT2D eigenvalue weighted by molar-refractivity contribution is 0.0524. The number of para-hydroxylation sites is 1. The maximum atomic E-state index is 12.5. The molecule has 0 atom stereocenters. The molecule has 0 amide bonds. The van der Waals surface area contributed by atoms with Gasteiger partial charge in [-0.15, -0.1) is 0 Å². The standard InChI is InChI=1S/C15H16N2O3/c1-2-20-15(19)11-9-17-8-4-7-16-12-6-3-5-10(13(12)17)14(11)18/h3,5-6,9,16H,2,4,7-8H2,1H3. The van der Waals surface area contributed by atoms with E-state index in [1.807, 2.05) is 16.7 Å². The monoisotopic (exact) mass is 272 g/mol. The lowest BCUT2D eigenvalue weighted by atomic mass is 10.1. The predicted molar refractivity (Wildman–Crippen MR) is 77.3 cm³/mol. The quantitative estimate of drug-likeness (QED) is 0.849. The summed E-state index contributed by atoms with van der Waals surface area (Å²) in [5.74, 6) is -0.550. The minimum Gasteiger partial charge on any atom is -0.462 e. The van der Waals surface area contributed by atoms with Crippen LogP contribution in [-0.2, 0) is 11.3 Å². The molecule has 1 aromatic heterocycles. The van der Waals surface area contributed by atoms with Crippen LogP contribution in [0.1, 0.15) is 23.7 Å². The Balaban J connectivity index is 2.30. The fraction of sp³-hybridized carbons (Fsp3) is 0.333. The van der Waals surface area contributed by atoms with Crippen molar-refractivity contribution >= 4 is 22.6 Å². The van der Waals surface area contributed by atoms with E-state index in [4.69, 9.17) is 4.74 Å². The number of anilines is 1. The van der Waals surface area contributed by atoms with E-state index in [1.165, 1.54) is 0 Å². The second-order valence-corrected chi connectivity index (χ2v) is 4.77. The van der Waals surface area contributed by atoms with Crippen molar-refractivity contribution in [3.05, 3.63) is 40.2 Å². The molecule has 0 spiro atoms. The summed E-state index contributed by atoms with van der Waals surface area (Å²) in [6, 6.07) is 5.54. The van der Waals surface area contributed by atoms with Gasteiger partial charge in [-0.1, -0.05) is 6.07 Å². The van der Waals surface area contributed by atoms with Crippen LogP contribution in [0.3, 0.4) is 0 Å². The van der Waals surface area contributed by atoms with Gasteiger partial charge in [0.1, 0.15) is 5.56 Å². The first-order chi connectivity index (χ1) is 9.72. The summed E-state index contributed by atoms with van der Waals surface area (Å²) >= 11 is 0. The minimum absolute atomic E-state index is 0.110. The molecule has 0 saturated carbocycles. The zero-order valence-electron chi connectivity index (χ0n) is 11.3. The molecule has 1 aromatic carbocycles. The lowest BCUT2D eigenvalue weighted by Gasteiger charge is -2.12. The highest BCUT2D eigenvalue weighted by Crippen LogP contribution is 2.24. The zero-order valence-corrected chi connectivity index (χ0v) is 11.3. The first-order valence-electron chi connectivity index (χ1n) is 6.79. The van der Waals surface area contributed by atoms with Crippen LogP contribution in [0.5, 0.6) is 0 Å². The molecule has 1 aliphatic heterocycles. The number of hydrogen-bond acceptors (Lipinski definition) is 4. The molecule has 20 heavy (non-hydrogen) atoms. The molecule has 5 nitrogen and oxygen atoms in total. The molecule has 104 valence electrons. The first kappa shape index (κ1) is 12.7. The molecule has 0 radical (unpaired) electrons. The molecular weight excluding hydrogens is 256 g/mol. The van der Waals surface area contributed by atoms with Crippen LogP contribution in [-0.4, -0.2) is 23.7 Å². The molecule has 0 bridgehead atoms. The second kappa shape index (κ2) is 5.00.